The third-order valence-corrected chi connectivity index (χ3v) is 5.45. The summed E-state index contributed by atoms with van der Waals surface area (Å²) in [5, 5.41) is 12.9. The second-order valence-electron chi connectivity index (χ2n) is 7.45. The van der Waals surface area contributed by atoms with Gasteiger partial charge >= 0.3 is 0 Å². The number of Topliss-reactive ketones (excluding diaryl/α,β-unsaturated/α-hetero) is 1. The van der Waals surface area contributed by atoms with Crippen molar-refractivity contribution in [3.05, 3.63) is 58.9 Å². The molecule has 0 saturated heterocycles. The number of carbonyl (C=O) groups excluding carboxylic acids is 2. The first-order valence-electron chi connectivity index (χ1n) is 9.75. The van der Waals surface area contributed by atoms with Gasteiger partial charge < -0.3 is 20.0 Å². The van der Waals surface area contributed by atoms with Crippen molar-refractivity contribution in [2.75, 3.05) is 48.2 Å². The van der Waals surface area contributed by atoms with Crippen LogP contribution < -0.4 is 20.0 Å². The molecule has 0 bridgehead atoms. The van der Waals surface area contributed by atoms with Crippen LogP contribution in [0.2, 0.25) is 5.02 Å². The molecule has 0 aliphatic carbocycles. The number of nitrogens with one attached hydrogen (secondary N) is 1. The van der Waals surface area contributed by atoms with Gasteiger partial charge in [-0.05, 0) is 30.3 Å². The molecule has 1 heterocycles. The minimum absolute atomic E-state index is 0.0346. The SMILES string of the molecule is CN(C)c1ccc(NC(=O)CCC(=O)C(C#N)=C2N(C)c3ccccc3N2C)cc1Cl. The molecule has 1 aliphatic rings. The average Bonchev–Trinajstić information content (AvgIpc) is 2.98. The molecule has 0 saturated carbocycles. The van der Waals surface area contributed by atoms with Crippen LogP contribution in [0.25, 0.3) is 0 Å². The number of nitriles is 1. The van der Waals surface area contributed by atoms with Crippen molar-refractivity contribution >= 4 is 46.0 Å². The molecule has 1 amide bonds. The van der Waals surface area contributed by atoms with Crippen molar-refractivity contribution in [3.63, 3.8) is 0 Å². The maximum Gasteiger partial charge on any atom is 0.224 e. The van der Waals surface area contributed by atoms with Crippen LogP contribution in [-0.2, 0) is 9.59 Å². The lowest BCUT2D eigenvalue weighted by Gasteiger charge is -2.20. The van der Waals surface area contributed by atoms with Crippen LogP contribution in [-0.4, -0.2) is 39.9 Å². The van der Waals surface area contributed by atoms with Crippen molar-refractivity contribution in [2.24, 2.45) is 0 Å². The third-order valence-electron chi connectivity index (χ3n) is 5.15. The van der Waals surface area contributed by atoms with E-state index in [4.69, 9.17) is 11.6 Å². The fourth-order valence-corrected chi connectivity index (χ4v) is 3.93. The monoisotopic (exact) mass is 437 g/mol. The van der Waals surface area contributed by atoms with E-state index in [9.17, 15) is 14.9 Å². The first kappa shape index (κ1) is 22.2. The number of amides is 1. The number of hydrogen-bond donors (Lipinski definition) is 1. The van der Waals surface area contributed by atoms with Crippen LogP contribution in [0.3, 0.4) is 0 Å². The Bertz CT molecular complexity index is 1070. The highest BCUT2D eigenvalue weighted by Crippen LogP contribution is 2.40. The van der Waals surface area contributed by atoms with Crippen LogP contribution in [0.15, 0.2) is 53.9 Å². The summed E-state index contributed by atoms with van der Waals surface area (Å²) in [5.74, 6) is -0.180. The molecule has 0 aromatic heterocycles. The molecule has 8 heteroatoms. The van der Waals surface area contributed by atoms with Crippen LogP contribution in [0, 0.1) is 11.3 Å². The minimum Gasteiger partial charge on any atom is -0.376 e. The molecule has 1 aliphatic heterocycles. The summed E-state index contributed by atoms with van der Waals surface area (Å²) in [5.41, 5.74) is 3.25. The van der Waals surface area contributed by atoms with Gasteiger partial charge in [0, 0.05) is 46.7 Å². The summed E-state index contributed by atoms with van der Waals surface area (Å²) in [6, 6.07) is 14.9. The molecule has 3 rings (SSSR count). The third kappa shape index (κ3) is 4.49. The number of halogens is 1. The summed E-state index contributed by atoms with van der Waals surface area (Å²) >= 11 is 6.24. The average molecular weight is 438 g/mol. The van der Waals surface area contributed by atoms with Gasteiger partial charge in [0.15, 0.2) is 5.78 Å². The summed E-state index contributed by atoms with van der Waals surface area (Å²) in [6.45, 7) is 0. The van der Waals surface area contributed by atoms with Crippen molar-refractivity contribution < 1.29 is 9.59 Å². The van der Waals surface area contributed by atoms with Gasteiger partial charge in [0.2, 0.25) is 5.91 Å². The maximum atomic E-state index is 12.8. The number of allylic oxidation sites excluding steroid dienone is 1. The van der Waals surface area contributed by atoms with E-state index in [-0.39, 0.29) is 30.1 Å². The van der Waals surface area contributed by atoms with Gasteiger partial charge in [0.1, 0.15) is 17.5 Å². The van der Waals surface area contributed by atoms with Gasteiger partial charge in [-0.1, -0.05) is 23.7 Å². The maximum absolute atomic E-state index is 12.8. The minimum atomic E-state index is -0.375. The van der Waals surface area contributed by atoms with Crippen LogP contribution in [0.4, 0.5) is 22.7 Å². The van der Waals surface area contributed by atoms with E-state index in [1.54, 1.807) is 12.1 Å². The zero-order valence-electron chi connectivity index (χ0n) is 17.9. The number of carbonyl (C=O) groups is 2. The second kappa shape index (κ2) is 9.11. The van der Waals surface area contributed by atoms with E-state index < -0.39 is 0 Å². The Morgan fingerprint density at radius 2 is 1.68 bits per heavy atom. The number of hydrogen-bond acceptors (Lipinski definition) is 6. The van der Waals surface area contributed by atoms with E-state index in [1.807, 2.05) is 79.3 Å². The van der Waals surface area contributed by atoms with E-state index in [0.717, 1.165) is 17.1 Å². The quantitative estimate of drug-likeness (QED) is 0.543. The first-order chi connectivity index (χ1) is 14.7. The molecule has 160 valence electrons. The summed E-state index contributed by atoms with van der Waals surface area (Å²) < 4.78 is 0. The molecule has 0 unspecified atom stereocenters. The number of para-hydroxylation sites is 2. The fraction of sp³-hybridized carbons (Fsp3) is 0.261. The lowest BCUT2D eigenvalue weighted by Crippen LogP contribution is -2.26. The molecular weight excluding hydrogens is 414 g/mol. The van der Waals surface area contributed by atoms with Crippen LogP contribution in [0.1, 0.15) is 12.8 Å². The highest BCUT2D eigenvalue weighted by atomic mass is 35.5. The topological polar surface area (TPSA) is 79.7 Å². The molecule has 0 fully saturated rings. The Morgan fingerprint density at radius 1 is 1.06 bits per heavy atom. The summed E-state index contributed by atoms with van der Waals surface area (Å²) in [7, 11) is 7.39. The molecule has 0 atom stereocenters. The standard InChI is InChI=1S/C23H24ClN5O2/c1-27(2)18-10-9-15(13-17(18)24)26-22(31)12-11-21(30)16(14-25)23-28(3)19-7-5-6-8-20(19)29(23)4/h5-10,13H,11-12H2,1-4H3,(H,26,31). The zero-order valence-corrected chi connectivity index (χ0v) is 18.7. The Labute approximate surface area is 187 Å². The van der Waals surface area contributed by atoms with Gasteiger partial charge in [-0.15, -0.1) is 0 Å². The Kier molecular flexibility index (Phi) is 6.52. The smallest absolute Gasteiger partial charge is 0.224 e. The second-order valence-corrected chi connectivity index (χ2v) is 7.86. The van der Waals surface area contributed by atoms with Crippen LogP contribution >= 0.6 is 11.6 Å². The number of benzene rings is 2. The first-order valence-corrected chi connectivity index (χ1v) is 10.1. The van der Waals surface area contributed by atoms with Gasteiger partial charge in [0.05, 0.1) is 22.1 Å². The normalized spacial score (nSPS) is 12.3. The Hall–Kier alpha value is -3.50. The number of anilines is 4. The molecule has 2 aromatic rings. The molecule has 7 nitrogen and oxygen atoms in total. The summed E-state index contributed by atoms with van der Waals surface area (Å²) in [6.07, 6.45) is -0.107. The lowest BCUT2D eigenvalue weighted by atomic mass is 10.1. The molecule has 0 radical (unpaired) electrons. The van der Waals surface area contributed by atoms with Crippen LogP contribution in [0.5, 0.6) is 0 Å². The Balaban J connectivity index is 1.69. The van der Waals surface area contributed by atoms with E-state index in [1.165, 1.54) is 0 Å². The molecular formula is C23H24ClN5O2. The van der Waals surface area contributed by atoms with Crippen molar-refractivity contribution in [2.45, 2.75) is 12.8 Å². The molecule has 0 spiro atoms. The zero-order chi connectivity index (χ0) is 22.7. The van der Waals surface area contributed by atoms with Gasteiger partial charge in [-0.2, -0.15) is 5.26 Å². The molecule has 1 N–H and O–H groups in total. The number of rotatable bonds is 6. The fourth-order valence-electron chi connectivity index (χ4n) is 3.58. The Morgan fingerprint density at radius 3 is 2.19 bits per heavy atom. The molecule has 2 aromatic carbocycles. The van der Waals surface area contributed by atoms with Gasteiger partial charge in [-0.25, -0.2) is 0 Å². The number of ketones is 1. The molecule has 31 heavy (non-hydrogen) atoms. The predicted molar refractivity (Wildman–Crippen MR) is 125 cm³/mol. The number of fused-ring (bicyclic) bond motifs is 1. The lowest BCUT2D eigenvalue weighted by molar-refractivity contribution is -0.120. The van der Waals surface area contributed by atoms with E-state index >= 15 is 0 Å². The van der Waals surface area contributed by atoms with Crippen molar-refractivity contribution in [1.29, 1.82) is 5.26 Å². The van der Waals surface area contributed by atoms with E-state index in [2.05, 4.69) is 5.32 Å². The largest absolute Gasteiger partial charge is 0.376 e. The van der Waals surface area contributed by atoms with Crippen molar-refractivity contribution in [1.82, 2.24) is 0 Å². The van der Waals surface area contributed by atoms with Gasteiger partial charge in [0.25, 0.3) is 0 Å². The highest BCUT2D eigenvalue weighted by molar-refractivity contribution is 6.33. The van der Waals surface area contributed by atoms with Crippen molar-refractivity contribution in [3.8, 4) is 6.07 Å². The summed E-state index contributed by atoms with van der Waals surface area (Å²) in [4.78, 5) is 30.7. The highest BCUT2D eigenvalue weighted by Gasteiger charge is 2.31. The number of nitrogens with zero attached hydrogens (tertiary/aromatic N) is 4. The van der Waals surface area contributed by atoms with Gasteiger partial charge in [-0.3, -0.25) is 9.59 Å². The van der Waals surface area contributed by atoms with E-state index in [0.29, 0.717) is 16.5 Å². The predicted octanol–water partition coefficient (Wildman–Crippen LogP) is 4.02.